The highest BCUT2D eigenvalue weighted by atomic mass is 79.9. The Kier molecular flexibility index (Phi) is 6.09. The summed E-state index contributed by atoms with van der Waals surface area (Å²) in [5, 5.41) is 0. The van der Waals surface area contributed by atoms with Crippen molar-refractivity contribution < 1.29 is 27.4 Å². The summed E-state index contributed by atoms with van der Waals surface area (Å²) in [6.07, 6.45) is -0.462. The van der Waals surface area contributed by atoms with E-state index in [-0.39, 0.29) is 23.7 Å². The molecule has 26 heavy (non-hydrogen) atoms. The highest BCUT2D eigenvalue weighted by Crippen LogP contribution is 2.35. The molecule has 10 heteroatoms. The van der Waals surface area contributed by atoms with Gasteiger partial charge in [0, 0.05) is 19.2 Å². The number of sulfonamides is 1. The molecule has 8 nitrogen and oxygen atoms in total. The predicted octanol–water partition coefficient (Wildman–Crippen LogP) is 2.36. The van der Waals surface area contributed by atoms with Crippen LogP contribution >= 0.6 is 15.9 Å². The second-order valence-corrected chi connectivity index (χ2v) is 9.38. The van der Waals surface area contributed by atoms with Crippen molar-refractivity contribution in [2.45, 2.75) is 37.3 Å². The van der Waals surface area contributed by atoms with E-state index >= 15 is 0 Å². The number of halogens is 1. The van der Waals surface area contributed by atoms with Crippen molar-refractivity contribution in [1.29, 1.82) is 0 Å². The van der Waals surface area contributed by atoms with E-state index in [1.54, 1.807) is 20.8 Å². The first-order valence-corrected chi connectivity index (χ1v) is 10.2. The molecule has 0 spiro atoms. The molecule has 1 aromatic carbocycles. The van der Waals surface area contributed by atoms with E-state index in [4.69, 9.17) is 14.2 Å². The summed E-state index contributed by atoms with van der Waals surface area (Å²) in [4.78, 5) is 13.3. The van der Waals surface area contributed by atoms with E-state index < -0.39 is 27.8 Å². The van der Waals surface area contributed by atoms with Crippen molar-refractivity contribution in [2.75, 3.05) is 27.3 Å². The number of nitrogens with zero attached hydrogens (tertiary/aromatic N) is 1. The fourth-order valence-corrected chi connectivity index (χ4v) is 4.22. The minimum Gasteiger partial charge on any atom is -0.496 e. The van der Waals surface area contributed by atoms with Gasteiger partial charge in [0.2, 0.25) is 10.0 Å². The summed E-state index contributed by atoms with van der Waals surface area (Å²) in [6.45, 7) is 5.81. The third-order valence-electron chi connectivity index (χ3n) is 3.58. The topological polar surface area (TPSA) is 94.2 Å². The van der Waals surface area contributed by atoms with Crippen molar-refractivity contribution in [1.82, 2.24) is 9.62 Å². The quantitative estimate of drug-likeness (QED) is 0.739. The Labute approximate surface area is 162 Å². The number of rotatable bonds is 5. The summed E-state index contributed by atoms with van der Waals surface area (Å²) in [6, 6.07) is 2.52. The van der Waals surface area contributed by atoms with Crippen LogP contribution in [0.5, 0.6) is 11.5 Å². The predicted molar refractivity (Wildman–Crippen MR) is 99.2 cm³/mol. The molecule has 0 bridgehead atoms. The third kappa shape index (κ3) is 4.80. The summed E-state index contributed by atoms with van der Waals surface area (Å²) in [7, 11) is -1.02. The Morgan fingerprint density at radius 1 is 1.19 bits per heavy atom. The van der Waals surface area contributed by atoms with E-state index in [0.717, 1.165) is 0 Å². The molecule has 2 rings (SSSR count). The number of hydrogen-bond donors (Lipinski definition) is 1. The SMILES string of the molecule is COc1cc(S(=O)(=O)NC2CN(C(=O)OC(C)(C)C)C2)c(OC)cc1Br. The maximum atomic E-state index is 12.7. The highest BCUT2D eigenvalue weighted by molar-refractivity contribution is 9.10. The Bertz CT molecular complexity index is 785. The minimum atomic E-state index is -3.85. The van der Waals surface area contributed by atoms with Crippen LogP contribution in [-0.2, 0) is 14.8 Å². The van der Waals surface area contributed by atoms with Crippen molar-refractivity contribution >= 4 is 32.0 Å². The van der Waals surface area contributed by atoms with Gasteiger partial charge in [-0.25, -0.2) is 17.9 Å². The molecule has 0 aliphatic carbocycles. The van der Waals surface area contributed by atoms with Gasteiger partial charge in [-0.3, -0.25) is 0 Å². The highest BCUT2D eigenvalue weighted by Gasteiger charge is 2.37. The van der Waals surface area contributed by atoms with E-state index in [2.05, 4.69) is 20.7 Å². The molecule has 1 aliphatic heterocycles. The fourth-order valence-electron chi connectivity index (χ4n) is 2.35. The van der Waals surface area contributed by atoms with Gasteiger partial charge in [0.25, 0.3) is 0 Å². The molecular formula is C16H23BrN2O6S. The number of amides is 1. The van der Waals surface area contributed by atoms with Crippen LogP contribution in [0, 0.1) is 0 Å². The van der Waals surface area contributed by atoms with E-state index in [0.29, 0.717) is 10.2 Å². The van der Waals surface area contributed by atoms with Crippen LogP contribution in [0.15, 0.2) is 21.5 Å². The fraction of sp³-hybridized carbons (Fsp3) is 0.562. The number of hydrogen-bond acceptors (Lipinski definition) is 6. The van der Waals surface area contributed by atoms with Gasteiger partial charge in [-0.15, -0.1) is 0 Å². The van der Waals surface area contributed by atoms with Crippen molar-refractivity contribution in [3.05, 3.63) is 16.6 Å². The first-order valence-electron chi connectivity index (χ1n) is 7.88. The smallest absolute Gasteiger partial charge is 0.410 e. The Morgan fingerprint density at radius 3 is 2.27 bits per heavy atom. The van der Waals surface area contributed by atoms with Gasteiger partial charge in [0.05, 0.1) is 24.7 Å². The van der Waals surface area contributed by atoms with Crippen LogP contribution in [-0.4, -0.2) is 58.4 Å². The van der Waals surface area contributed by atoms with Crippen molar-refractivity contribution in [2.24, 2.45) is 0 Å². The monoisotopic (exact) mass is 450 g/mol. The number of ether oxygens (including phenoxy) is 3. The van der Waals surface area contributed by atoms with Crippen LogP contribution < -0.4 is 14.2 Å². The summed E-state index contributed by atoms with van der Waals surface area (Å²) < 4.78 is 44.1. The zero-order valence-corrected chi connectivity index (χ0v) is 17.7. The standard InChI is InChI=1S/C16H23BrN2O6S/c1-16(2,3)25-15(20)19-8-10(9-19)18-26(21,22)14-7-12(23-4)11(17)6-13(14)24-5/h6-7,10,18H,8-9H2,1-5H3. The molecule has 0 aromatic heterocycles. The van der Waals surface area contributed by atoms with Crippen LogP contribution in [0.4, 0.5) is 4.79 Å². The van der Waals surface area contributed by atoms with E-state index in [1.807, 2.05) is 0 Å². The zero-order valence-electron chi connectivity index (χ0n) is 15.3. The zero-order chi connectivity index (χ0) is 19.7. The van der Waals surface area contributed by atoms with Gasteiger partial charge < -0.3 is 19.1 Å². The first kappa shape index (κ1) is 20.8. The average Bonchev–Trinajstić information content (AvgIpc) is 2.48. The van der Waals surface area contributed by atoms with Gasteiger partial charge in [0.15, 0.2) is 0 Å². The second kappa shape index (κ2) is 7.61. The summed E-state index contributed by atoms with van der Waals surface area (Å²) in [5.74, 6) is 0.559. The van der Waals surface area contributed by atoms with Crippen LogP contribution in [0.3, 0.4) is 0 Å². The normalized spacial score (nSPS) is 15.4. The van der Waals surface area contributed by atoms with Gasteiger partial charge >= 0.3 is 6.09 Å². The Morgan fingerprint density at radius 2 is 1.77 bits per heavy atom. The Balaban J connectivity index is 2.08. The number of carbonyl (C=O) groups is 1. The largest absolute Gasteiger partial charge is 0.496 e. The molecule has 0 atom stereocenters. The summed E-state index contributed by atoms with van der Waals surface area (Å²) in [5.41, 5.74) is -0.594. The molecule has 1 aromatic rings. The molecule has 146 valence electrons. The number of benzene rings is 1. The molecule has 1 aliphatic rings. The number of carbonyl (C=O) groups excluding carboxylic acids is 1. The molecule has 0 saturated carbocycles. The lowest BCUT2D eigenvalue weighted by atomic mass is 10.1. The van der Waals surface area contributed by atoms with Gasteiger partial charge in [-0.05, 0) is 42.8 Å². The maximum Gasteiger partial charge on any atom is 0.410 e. The molecule has 1 N–H and O–H groups in total. The number of likely N-dealkylation sites (tertiary alicyclic amines) is 1. The number of nitrogens with one attached hydrogen (secondary N) is 1. The number of methoxy groups -OCH3 is 2. The molecule has 0 unspecified atom stereocenters. The Hall–Kier alpha value is -1.52. The van der Waals surface area contributed by atoms with E-state index in [9.17, 15) is 13.2 Å². The molecule has 1 heterocycles. The second-order valence-electron chi connectivity index (χ2n) is 6.84. The third-order valence-corrected chi connectivity index (χ3v) is 5.74. The lowest BCUT2D eigenvalue weighted by molar-refractivity contribution is 0.00737. The van der Waals surface area contributed by atoms with Gasteiger partial charge in [-0.1, -0.05) is 0 Å². The van der Waals surface area contributed by atoms with Gasteiger partial charge in [0.1, 0.15) is 22.0 Å². The summed E-state index contributed by atoms with van der Waals surface area (Å²) >= 11 is 3.29. The molecule has 1 saturated heterocycles. The molecule has 0 radical (unpaired) electrons. The lowest BCUT2D eigenvalue weighted by Crippen LogP contribution is -2.61. The lowest BCUT2D eigenvalue weighted by Gasteiger charge is -2.39. The van der Waals surface area contributed by atoms with Crippen molar-refractivity contribution in [3.8, 4) is 11.5 Å². The van der Waals surface area contributed by atoms with Crippen molar-refractivity contribution in [3.63, 3.8) is 0 Å². The van der Waals surface area contributed by atoms with Gasteiger partial charge in [-0.2, -0.15) is 0 Å². The van der Waals surface area contributed by atoms with Crippen LogP contribution in [0.1, 0.15) is 20.8 Å². The first-order chi connectivity index (χ1) is 12.0. The van der Waals surface area contributed by atoms with E-state index in [1.165, 1.54) is 31.3 Å². The molecule has 1 fully saturated rings. The minimum absolute atomic E-state index is 0.0317. The molecule has 1 amide bonds. The maximum absolute atomic E-state index is 12.7. The van der Waals surface area contributed by atoms with Crippen LogP contribution in [0.2, 0.25) is 0 Å². The van der Waals surface area contributed by atoms with Crippen LogP contribution in [0.25, 0.3) is 0 Å². The molecular weight excluding hydrogens is 428 g/mol. The average molecular weight is 451 g/mol.